The molecule has 1 aromatic carbocycles. The third kappa shape index (κ3) is 3.35. The second kappa shape index (κ2) is 7.53. The Kier molecular flexibility index (Phi) is 4.97. The van der Waals surface area contributed by atoms with Crippen molar-refractivity contribution in [2.45, 2.75) is 13.0 Å². The van der Waals surface area contributed by atoms with Crippen molar-refractivity contribution in [2.24, 2.45) is 0 Å². The van der Waals surface area contributed by atoms with Crippen LogP contribution in [0.2, 0.25) is 0 Å². The van der Waals surface area contributed by atoms with E-state index in [2.05, 4.69) is 28.9 Å². The first-order valence-corrected chi connectivity index (χ1v) is 9.62. The maximum atomic E-state index is 13.6. The van der Waals surface area contributed by atoms with Crippen LogP contribution in [0.25, 0.3) is 5.00 Å². The van der Waals surface area contributed by atoms with Crippen molar-refractivity contribution in [3.63, 3.8) is 0 Å². The van der Waals surface area contributed by atoms with Crippen molar-refractivity contribution in [3.05, 3.63) is 71.1 Å². The van der Waals surface area contributed by atoms with E-state index in [0.29, 0.717) is 19.0 Å². The third-order valence-corrected chi connectivity index (χ3v) is 5.49. The van der Waals surface area contributed by atoms with Crippen molar-refractivity contribution < 1.29 is 9.53 Å². The van der Waals surface area contributed by atoms with Gasteiger partial charge in [-0.25, -0.2) is 4.98 Å². The fourth-order valence-corrected chi connectivity index (χ4v) is 4.11. The van der Waals surface area contributed by atoms with Crippen LogP contribution in [0.3, 0.4) is 0 Å². The number of ether oxygens (including phenoxy) is 1. The van der Waals surface area contributed by atoms with Crippen molar-refractivity contribution >= 4 is 17.1 Å². The van der Waals surface area contributed by atoms with Gasteiger partial charge in [0, 0.05) is 25.5 Å². The third-order valence-electron chi connectivity index (χ3n) is 4.62. The standard InChI is InChI=1S/C20H21N3O2S/c1-15-4-2-5-16(14-15)18(22-9-11-25-12-10-22)19(24)20-21-7-8-23(20)17-6-3-13-26-17/h2-8,13-14,18H,9-12H2,1H3/t18-/m0/s1. The number of hydrogen-bond donors (Lipinski definition) is 0. The first kappa shape index (κ1) is 17.1. The lowest BCUT2D eigenvalue weighted by molar-refractivity contribution is 0.0168. The molecule has 0 amide bonds. The molecule has 0 radical (unpaired) electrons. The van der Waals surface area contributed by atoms with E-state index in [1.807, 2.05) is 40.4 Å². The van der Waals surface area contributed by atoms with Crippen LogP contribution in [0.1, 0.15) is 27.8 Å². The summed E-state index contributed by atoms with van der Waals surface area (Å²) in [6.07, 6.45) is 3.55. The van der Waals surface area contributed by atoms with Crippen LogP contribution in [-0.4, -0.2) is 46.5 Å². The van der Waals surface area contributed by atoms with E-state index in [1.54, 1.807) is 17.5 Å². The summed E-state index contributed by atoms with van der Waals surface area (Å²) >= 11 is 1.59. The molecule has 0 saturated carbocycles. The SMILES string of the molecule is Cc1cccc([C@@H](C(=O)c2nccn2-c2cccs2)N2CCOCC2)c1. The molecule has 0 unspecified atom stereocenters. The molecule has 26 heavy (non-hydrogen) atoms. The first-order valence-electron chi connectivity index (χ1n) is 8.74. The monoisotopic (exact) mass is 367 g/mol. The Hall–Kier alpha value is -2.28. The second-order valence-corrected chi connectivity index (χ2v) is 7.33. The molecule has 1 aliphatic heterocycles. The average molecular weight is 367 g/mol. The summed E-state index contributed by atoms with van der Waals surface area (Å²) in [6.45, 7) is 4.83. The molecule has 0 spiro atoms. The summed E-state index contributed by atoms with van der Waals surface area (Å²) in [7, 11) is 0. The van der Waals surface area contributed by atoms with Crippen LogP contribution in [0.4, 0.5) is 0 Å². The fourth-order valence-electron chi connectivity index (χ4n) is 3.40. The van der Waals surface area contributed by atoms with Gasteiger partial charge in [0.05, 0.1) is 13.2 Å². The van der Waals surface area contributed by atoms with E-state index in [0.717, 1.165) is 29.2 Å². The lowest BCUT2D eigenvalue weighted by Gasteiger charge is -2.33. The fraction of sp³-hybridized carbons (Fsp3) is 0.300. The summed E-state index contributed by atoms with van der Waals surface area (Å²) in [5, 5.41) is 3.00. The molecule has 0 bridgehead atoms. The number of rotatable bonds is 5. The van der Waals surface area contributed by atoms with Gasteiger partial charge in [-0.05, 0) is 30.0 Å². The summed E-state index contributed by atoms with van der Waals surface area (Å²) in [4.78, 5) is 20.2. The molecule has 6 heteroatoms. The van der Waals surface area contributed by atoms with Gasteiger partial charge in [0.15, 0.2) is 5.82 Å². The van der Waals surface area contributed by atoms with Gasteiger partial charge < -0.3 is 4.74 Å². The minimum atomic E-state index is -0.347. The molecule has 0 N–H and O–H groups in total. The van der Waals surface area contributed by atoms with Crippen LogP contribution < -0.4 is 0 Å². The number of Topliss-reactive ketones (excluding diaryl/α,β-unsaturated/α-hetero) is 1. The van der Waals surface area contributed by atoms with Crippen LogP contribution in [-0.2, 0) is 4.74 Å². The topological polar surface area (TPSA) is 47.4 Å². The summed E-state index contributed by atoms with van der Waals surface area (Å²) in [5.74, 6) is 0.501. The maximum Gasteiger partial charge on any atom is 0.220 e. The molecule has 5 nitrogen and oxygen atoms in total. The van der Waals surface area contributed by atoms with Gasteiger partial charge in [0.25, 0.3) is 0 Å². The van der Waals surface area contributed by atoms with Crippen LogP contribution in [0, 0.1) is 6.92 Å². The second-order valence-electron chi connectivity index (χ2n) is 6.40. The van der Waals surface area contributed by atoms with E-state index in [1.165, 1.54) is 0 Å². The Labute approximate surface area is 156 Å². The maximum absolute atomic E-state index is 13.6. The van der Waals surface area contributed by atoms with Crippen LogP contribution in [0.15, 0.2) is 54.2 Å². The highest BCUT2D eigenvalue weighted by molar-refractivity contribution is 7.12. The van der Waals surface area contributed by atoms with Gasteiger partial charge in [-0.1, -0.05) is 29.8 Å². The number of ketones is 1. The Bertz CT molecular complexity index is 882. The van der Waals surface area contributed by atoms with Crippen molar-refractivity contribution in [2.75, 3.05) is 26.3 Å². The predicted molar refractivity (Wildman–Crippen MR) is 102 cm³/mol. The molecule has 1 atom stereocenters. The Morgan fingerprint density at radius 3 is 2.81 bits per heavy atom. The molecule has 1 saturated heterocycles. The van der Waals surface area contributed by atoms with E-state index < -0.39 is 0 Å². The van der Waals surface area contributed by atoms with Crippen LogP contribution >= 0.6 is 11.3 Å². The smallest absolute Gasteiger partial charge is 0.220 e. The predicted octanol–water partition coefficient (Wildman–Crippen LogP) is 3.50. The molecule has 1 fully saturated rings. The summed E-state index contributed by atoms with van der Waals surface area (Å²) < 4.78 is 7.38. The molecular formula is C20H21N3O2S. The average Bonchev–Trinajstić information content (AvgIpc) is 3.34. The van der Waals surface area contributed by atoms with E-state index >= 15 is 0 Å². The molecule has 4 rings (SSSR count). The Balaban J connectivity index is 1.74. The van der Waals surface area contributed by atoms with Crippen LogP contribution in [0.5, 0.6) is 0 Å². The number of carbonyl (C=O) groups is 1. The minimum absolute atomic E-state index is 0.0240. The van der Waals surface area contributed by atoms with Gasteiger partial charge in [-0.3, -0.25) is 14.3 Å². The summed E-state index contributed by atoms with van der Waals surface area (Å²) in [5.41, 5.74) is 2.16. The number of aromatic nitrogens is 2. The normalized spacial score (nSPS) is 16.5. The zero-order valence-corrected chi connectivity index (χ0v) is 15.5. The highest BCUT2D eigenvalue weighted by Gasteiger charge is 2.32. The molecule has 1 aliphatic rings. The number of aryl methyl sites for hydroxylation is 1. The molecule has 3 aromatic rings. The Morgan fingerprint density at radius 1 is 1.23 bits per heavy atom. The van der Waals surface area contributed by atoms with E-state index in [4.69, 9.17) is 4.74 Å². The van der Waals surface area contributed by atoms with Gasteiger partial charge in [0.2, 0.25) is 5.78 Å². The van der Waals surface area contributed by atoms with Gasteiger partial charge in [-0.15, -0.1) is 11.3 Å². The van der Waals surface area contributed by atoms with Crippen molar-refractivity contribution in [1.29, 1.82) is 0 Å². The highest BCUT2D eigenvalue weighted by atomic mass is 32.1. The molecule has 3 heterocycles. The largest absolute Gasteiger partial charge is 0.379 e. The zero-order chi connectivity index (χ0) is 17.9. The van der Waals surface area contributed by atoms with Gasteiger partial charge in [0.1, 0.15) is 11.0 Å². The lowest BCUT2D eigenvalue weighted by atomic mass is 9.98. The zero-order valence-electron chi connectivity index (χ0n) is 14.7. The Morgan fingerprint density at radius 2 is 2.08 bits per heavy atom. The number of thiophene rings is 1. The van der Waals surface area contributed by atoms with Crippen molar-refractivity contribution in [1.82, 2.24) is 14.5 Å². The number of benzene rings is 1. The number of carbonyl (C=O) groups excluding carboxylic acids is 1. The summed E-state index contributed by atoms with van der Waals surface area (Å²) in [6, 6.07) is 11.8. The quantitative estimate of drug-likeness (QED) is 0.648. The highest BCUT2D eigenvalue weighted by Crippen LogP contribution is 2.28. The lowest BCUT2D eigenvalue weighted by Crippen LogP contribution is -2.42. The first-order chi connectivity index (χ1) is 12.7. The van der Waals surface area contributed by atoms with Gasteiger partial charge >= 0.3 is 0 Å². The molecule has 2 aromatic heterocycles. The minimum Gasteiger partial charge on any atom is -0.379 e. The van der Waals surface area contributed by atoms with E-state index in [-0.39, 0.29) is 11.8 Å². The molecule has 0 aliphatic carbocycles. The van der Waals surface area contributed by atoms with Gasteiger partial charge in [-0.2, -0.15) is 0 Å². The number of imidazole rings is 1. The number of hydrogen-bond acceptors (Lipinski definition) is 5. The molecule has 134 valence electrons. The van der Waals surface area contributed by atoms with E-state index in [9.17, 15) is 4.79 Å². The number of nitrogens with zero attached hydrogens (tertiary/aromatic N) is 3. The number of morpholine rings is 1. The van der Waals surface area contributed by atoms with Crippen molar-refractivity contribution in [3.8, 4) is 5.00 Å². The molecular weight excluding hydrogens is 346 g/mol.